The minimum Gasteiger partial charge on any atom is -0.388 e. The number of hydrogen-bond donors (Lipinski definition) is 1. The minimum atomic E-state index is -0.581. The van der Waals surface area contributed by atoms with Gasteiger partial charge in [0, 0.05) is 6.42 Å². The molecular weight excluding hydrogens is 360 g/mol. The highest BCUT2D eigenvalue weighted by atomic mass is 19.1. The number of aromatic amines is 1. The summed E-state index contributed by atoms with van der Waals surface area (Å²) in [5.74, 6) is -0.490. The lowest BCUT2D eigenvalue weighted by molar-refractivity contribution is -0.0449. The number of hydrogen-bond acceptors (Lipinski definition) is 3. The Hall–Kier alpha value is -2.76. The van der Waals surface area contributed by atoms with Crippen LogP contribution in [0.25, 0.3) is 22.2 Å². The van der Waals surface area contributed by atoms with Crippen molar-refractivity contribution in [1.82, 2.24) is 9.97 Å². The largest absolute Gasteiger partial charge is 0.388 e. The van der Waals surface area contributed by atoms with Crippen LogP contribution in [-0.4, -0.2) is 21.3 Å². The van der Waals surface area contributed by atoms with Gasteiger partial charge < -0.3 is 9.82 Å². The summed E-state index contributed by atoms with van der Waals surface area (Å²) in [4.78, 5) is 13.8. The fourth-order valence-electron chi connectivity index (χ4n) is 4.45. The van der Waals surface area contributed by atoms with Gasteiger partial charge in [0.2, 0.25) is 0 Å². The zero-order valence-corrected chi connectivity index (χ0v) is 15.7. The molecule has 1 N–H and O–H groups in total. The highest BCUT2D eigenvalue weighted by molar-refractivity contribution is 6.01. The van der Waals surface area contributed by atoms with Crippen molar-refractivity contribution in [1.29, 1.82) is 0 Å². The molecule has 2 aromatic carbocycles. The van der Waals surface area contributed by atoms with Crippen LogP contribution >= 0.6 is 0 Å². The number of oxime groups is 1. The molecule has 5 rings (SSSR count). The van der Waals surface area contributed by atoms with Crippen LogP contribution in [0.5, 0.6) is 0 Å². The summed E-state index contributed by atoms with van der Waals surface area (Å²) in [7, 11) is 0. The van der Waals surface area contributed by atoms with E-state index in [1.54, 1.807) is 12.1 Å². The first-order valence-electron chi connectivity index (χ1n) is 9.75. The quantitative estimate of drug-likeness (QED) is 0.624. The number of benzene rings is 2. The summed E-state index contributed by atoms with van der Waals surface area (Å²) >= 11 is 0. The maximum absolute atomic E-state index is 14.2. The molecule has 3 aromatic rings. The molecule has 0 radical (unpaired) electrons. The van der Waals surface area contributed by atoms with E-state index in [0.29, 0.717) is 16.9 Å². The first kappa shape index (κ1) is 17.3. The van der Waals surface area contributed by atoms with E-state index in [4.69, 9.17) is 4.84 Å². The number of H-pyrrole nitrogens is 1. The second kappa shape index (κ2) is 6.40. The predicted molar refractivity (Wildman–Crippen MR) is 104 cm³/mol. The maximum atomic E-state index is 14.2. The summed E-state index contributed by atoms with van der Waals surface area (Å²) < 4.78 is 28.4. The number of aryl methyl sites for hydroxylation is 1. The highest BCUT2D eigenvalue weighted by Gasteiger charge is 2.41. The number of nitrogens with one attached hydrogen (secondary N) is 1. The average molecular weight is 381 g/mol. The van der Waals surface area contributed by atoms with Gasteiger partial charge in [-0.2, -0.15) is 0 Å². The van der Waals surface area contributed by atoms with Crippen molar-refractivity contribution in [2.24, 2.45) is 5.16 Å². The molecule has 1 fully saturated rings. The zero-order valence-electron chi connectivity index (χ0n) is 15.7. The van der Waals surface area contributed by atoms with Crippen molar-refractivity contribution in [3.05, 3.63) is 53.4 Å². The van der Waals surface area contributed by atoms with Crippen LogP contribution in [0, 0.1) is 18.6 Å². The van der Waals surface area contributed by atoms with E-state index in [1.165, 1.54) is 37.5 Å². The van der Waals surface area contributed by atoms with Crippen molar-refractivity contribution < 1.29 is 13.6 Å². The van der Waals surface area contributed by atoms with Crippen LogP contribution in [0.2, 0.25) is 0 Å². The number of nitrogens with zero attached hydrogens (tertiary/aromatic N) is 2. The third-order valence-corrected chi connectivity index (χ3v) is 5.92. The Bertz CT molecular complexity index is 1080. The van der Waals surface area contributed by atoms with Gasteiger partial charge in [0.15, 0.2) is 5.82 Å². The van der Waals surface area contributed by atoms with Gasteiger partial charge in [-0.3, -0.25) is 0 Å². The van der Waals surface area contributed by atoms with E-state index in [0.717, 1.165) is 36.1 Å². The van der Waals surface area contributed by atoms with E-state index in [1.807, 2.05) is 6.92 Å². The first-order chi connectivity index (χ1) is 13.5. The van der Waals surface area contributed by atoms with Crippen LogP contribution in [0.4, 0.5) is 8.78 Å². The fourth-order valence-corrected chi connectivity index (χ4v) is 4.45. The molecule has 1 saturated carbocycles. The molecule has 4 nitrogen and oxygen atoms in total. The van der Waals surface area contributed by atoms with Crippen molar-refractivity contribution in [2.45, 2.75) is 51.0 Å². The van der Waals surface area contributed by atoms with Gasteiger partial charge in [0.05, 0.1) is 16.6 Å². The molecule has 0 atom stereocenters. The smallest absolute Gasteiger partial charge is 0.156 e. The molecule has 28 heavy (non-hydrogen) atoms. The fraction of sp³-hybridized carbons (Fsp3) is 0.364. The molecule has 144 valence electrons. The van der Waals surface area contributed by atoms with Crippen molar-refractivity contribution in [3.63, 3.8) is 0 Å². The number of halogens is 2. The van der Waals surface area contributed by atoms with Crippen LogP contribution in [0.1, 0.15) is 49.9 Å². The average Bonchev–Trinajstić information content (AvgIpc) is 3.27. The van der Waals surface area contributed by atoms with Crippen molar-refractivity contribution >= 4 is 16.7 Å². The van der Waals surface area contributed by atoms with E-state index >= 15 is 0 Å². The molecule has 0 bridgehead atoms. The Kier molecular flexibility index (Phi) is 3.96. The van der Waals surface area contributed by atoms with Crippen molar-refractivity contribution in [3.8, 4) is 11.1 Å². The molecule has 2 aliphatic rings. The summed E-state index contributed by atoms with van der Waals surface area (Å²) in [5.41, 5.74) is 3.48. The van der Waals surface area contributed by atoms with Crippen LogP contribution in [0.3, 0.4) is 0 Å². The molecule has 0 saturated heterocycles. The Morgan fingerprint density at radius 2 is 1.82 bits per heavy atom. The van der Waals surface area contributed by atoms with Gasteiger partial charge in [0.1, 0.15) is 22.9 Å². The van der Waals surface area contributed by atoms with Crippen molar-refractivity contribution in [2.75, 3.05) is 0 Å². The van der Waals surface area contributed by atoms with E-state index in [2.05, 4.69) is 15.1 Å². The Balaban J connectivity index is 1.53. The van der Waals surface area contributed by atoms with Gasteiger partial charge in [-0.05, 0) is 68.0 Å². The SMILES string of the molecule is Cc1cc(-c2c(F)cccc2F)cc2nc(C3=NOC4(CCCCC4)C3)[nH]c12. The lowest BCUT2D eigenvalue weighted by Crippen LogP contribution is -2.31. The molecular formula is C22H21F2N3O. The Labute approximate surface area is 161 Å². The number of rotatable bonds is 2. The maximum Gasteiger partial charge on any atom is 0.156 e. The molecule has 0 unspecified atom stereocenters. The Morgan fingerprint density at radius 1 is 1.07 bits per heavy atom. The second-order valence-corrected chi connectivity index (χ2v) is 7.92. The standard InChI is InChI=1S/C22H21F2N3O/c1-13-10-14(19-15(23)6-5-7-16(19)24)11-17-20(13)26-21(25-17)18-12-22(28-27-18)8-3-2-4-9-22/h5-7,10-11H,2-4,8-9,12H2,1H3,(H,25,26). The monoisotopic (exact) mass is 381 g/mol. The van der Waals surface area contributed by atoms with Gasteiger partial charge in [-0.1, -0.05) is 17.6 Å². The Morgan fingerprint density at radius 3 is 2.57 bits per heavy atom. The zero-order chi connectivity index (χ0) is 19.3. The summed E-state index contributed by atoms with van der Waals surface area (Å²) in [6, 6.07) is 7.40. The van der Waals surface area contributed by atoms with Gasteiger partial charge in [-0.25, -0.2) is 13.8 Å². The normalized spacial score (nSPS) is 18.5. The topological polar surface area (TPSA) is 50.3 Å². The number of aromatic nitrogens is 2. The van der Waals surface area contributed by atoms with Crippen LogP contribution in [-0.2, 0) is 4.84 Å². The molecule has 1 aliphatic carbocycles. The van der Waals surface area contributed by atoms with Gasteiger partial charge in [0.25, 0.3) is 0 Å². The third kappa shape index (κ3) is 2.79. The van der Waals surface area contributed by atoms with E-state index in [9.17, 15) is 8.78 Å². The number of imidazole rings is 1. The highest BCUT2D eigenvalue weighted by Crippen LogP contribution is 2.39. The van der Waals surface area contributed by atoms with Crippen LogP contribution in [0.15, 0.2) is 35.5 Å². The van der Waals surface area contributed by atoms with Gasteiger partial charge in [-0.15, -0.1) is 0 Å². The number of fused-ring (bicyclic) bond motifs is 1. The molecule has 6 heteroatoms. The second-order valence-electron chi connectivity index (χ2n) is 7.92. The first-order valence-corrected chi connectivity index (χ1v) is 9.75. The van der Waals surface area contributed by atoms with Gasteiger partial charge >= 0.3 is 0 Å². The van der Waals surface area contributed by atoms with Crippen LogP contribution < -0.4 is 0 Å². The molecule has 1 aliphatic heterocycles. The lowest BCUT2D eigenvalue weighted by Gasteiger charge is -2.30. The molecule has 1 spiro atoms. The lowest BCUT2D eigenvalue weighted by atomic mass is 9.81. The van der Waals surface area contributed by atoms with E-state index < -0.39 is 11.6 Å². The predicted octanol–water partition coefficient (Wildman–Crippen LogP) is 5.64. The summed E-state index contributed by atoms with van der Waals surface area (Å²) in [6.07, 6.45) is 6.38. The molecule has 1 aromatic heterocycles. The summed E-state index contributed by atoms with van der Waals surface area (Å²) in [6.45, 7) is 1.90. The summed E-state index contributed by atoms with van der Waals surface area (Å²) in [5, 5.41) is 4.32. The molecule has 2 heterocycles. The van der Waals surface area contributed by atoms with E-state index in [-0.39, 0.29) is 11.2 Å². The molecule has 0 amide bonds. The minimum absolute atomic E-state index is 0.0280. The third-order valence-electron chi connectivity index (χ3n) is 5.92.